The SMILES string of the molecule is O=C(Cc1ccncc1)N1C[C@@H]2CCCN[C@@H]2C1. The van der Waals surface area contributed by atoms with Crippen LogP contribution >= 0.6 is 0 Å². The molecule has 0 radical (unpaired) electrons. The molecule has 2 aliphatic heterocycles. The quantitative estimate of drug-likeness (QED) is 0.839. The molecule has 2 saturated heterocycles. The lowest BCUT2D eigenvalue weighted by atomic mass is 9.94. The molecule has 0 spiro atoms. The van der Waals surface area contributed by atoms with Gasteiger partial charge in [-0.1, -0.05) is 0 Å². The number of likely N-dealkylation sites (tertiary alicyclic amines) is 1. The van der Waals surface area contributed by atoms with Crippen LogP contribution in [-0.2, 0) is 11.2 Å². The molecule has 0 bridgehead atoms. The second-order valence-corrected chi connectivity index (χ2v) is 5.29. The molecule has 0 unspecified atom stereocenters. The third-order valence-electron chi connectivity index (χ3n) is 4.06. The molecule has 4 nitrogen and oxygen atoms in total. The summed E-state index contributed by atoms with van der Waals surface area (Å²) >= 11 is 0. The third kappa shape index (κ3) is 2.38. The van der Waals surface area contributed by atoms with Gasteiger partial charge in [0.15, 0.2) is 0 Å². The molecule has 1 N–H and O–H groups in total. The molecule has 4 heteroatoms. The molecule has 96 valence electrons. The Morgan fingerprint density at radius 2 is 2.22 bits per heavy atom. The summed E-state index contributed by atoms with van der Waals surface area (Å²) in [7, 11) is 0. The predicted octanol–water partition coefficient (Wildman–Crippen LogP) is 0.834. The van der Waals surface area contributed by atoms with Crippen LogP contribution in [0.5, 0.6) is 0 Å². The van der Waals surface area contributed by atoms with Gasteiger partial charge in [0.25, 0.3) is 0 Å². The van der Waals surface area contributed by atoms with E-state index in [1.807, 2.05) is 17.0 Å². The summed E-state index contributed by atoms with van der Waals surface area (Å²) in [6, 6.07) is 4.36. The van der Waals surface area contributed by atoms with Gasteiger partial charge in [-0.2, -0.15) is 0 Å². The van der Waals surface area contributed by atoms with Crippen LogP contribution < -0.4 is 5.32 Å². The van der Waals surface area contributed by atoms with Crippen LogP contribution in [0.2, 0.25) is 0 Å². The first-order valence-corrected chi connectivity index (χ1v) is 6.73. The van der Waals surface area contributed by atoms with Crippen molar-refractivity contribution in [2.75, 3.05) is 19.6 Å². The Morgan fingerprint density at radius 3 is 3.00 bits per heavy atom. The van der Waals surface area contributed by atoms with Crippen molar-refractivity contribution in [2.24, 2.45) is 5.92 Å². The second-order valence-electron chi connectivity index (χ2n) is 5.29. The van der Waals surface area contributed by atoms with Crippen LogP contribution in [-0.4, -0.2) is 41.5 Å². The number of rotatable bonds is 2. The summed E-state index contributed by atoms with van der Waals surface area (Å²) in [5.74, 6) is 0.914. The maximum Gasteiger partial charge on any atom is 0.227 e. The van der Waals surface area contributed by atoms with Crippen LogP contribution in [0.25, 0.3) is 0 Å². The van der Waals surface area contributed by atoms with Crippen LogP contribution in [0.15, 0.2) is 24.5 Å². The van der Waals surface area contributed by atoms with Crippen molar-refractivity contribution in [1.82, 2.24) is 15.2 Å². The number of hydrogen-bond acceptors (Lipinski definition) is 3. The normalized spacial score (nSPS) is 27.0. The Kier molecular flexibility index (Phi) is 3.28. The summed E-state index contributed by atoms with van der Waals surface area (Å²) < 4.78 is 0. The summed E-state index contributed by atoms with van der Waals surface area (Å²) in [5.41, 5.74) is 1.05. The zero-order chi connectivity index (χ0) is 12.4. The van der Waals surface area contributed by atoms with Gasteiger partial charge in [0.05, 0.1) is 6.42 Å². The fourth-order valence-corrected chi connectivity index (χ4v) is 3.04. The summed E-state index contributed by atoms with van der Waals surface area (Å²) in [6.07, 6.45) is 6.49. The first-order chi connectivity index (χ1) is 8.83. The number of pyridine rings is 1. The van der Waals surface area contributed by atoms with E-state index in [1.54, 1.807) is 12.4 Å². The molecule has 2 fully saturated rings. The molecular formula is C14H19N3O. The van der Waals surface area contributed by atoms with Crippen molar-refractivity contribution < 1.29 is 4.79 Å². The van der Waals surface area contributed by atoms with E-state index in [9.17, 15) is 4.79 Å². The molecule has 0 aromatic carbocycles. The Bertz CT molecular complexity index is 406. The third-order valence-corrected chi connectivity index (χ3v) is 4.06. The minimum Gasteiger partial charge on any atom is -0.341 e. The number of hydrogen-bond donors (Lipinski definition) is 1. The lowest BCUT2D eigenvalue weighted by Gasteiger charge is -2.24. The smallest absolute Gasteiger partial charge is 0.227 e. The average Bonchev–Trinajstić information content (AvgIpc) is 2.84. The number of amides is 1. The Labute approximate surface area is 107 Å². The van der Waals surface area contributed by atoms with Crippen LogP contribution in [0.3, 0.4) is 0 Å². The number of aromatic nitrogens is 1. The van der Waals surface area contributed by atoms with Crippen molar-refractivity contribution in [1.29, 1.82) is 0 Å². The minimum absolute atomic E-state index is 0.248. The highest BCUT2D eigenvalue weighted by atomic mass is 16.2. The van der Waals surface area contributed by atoms with Gasteiger partial charge in [-0.25, -0.2) is 0 Å². The van der Waals surface area contributed by atoms with Gasteiger partial charge in [-0.15, -0.1) is 0 Å². The summed E-state index contributed by atoms with van der Waals surface area (Å²) in [6.45, 7) is 2.92. The summed E-state index contributed by atoms with van der Waals surface area (Å²) in [5, 5.41) is 3.53. The molecular weight excluding hydrogens is 226 g/mol. The molecule has 3 heterocycles. The first kappa shape index (κ1) is 11.7. The van der Waals surface area contributed by atoms with Crippen LogP contribution in [0.4, 0.5) is 0 Å². The first-order valence-electron chi connectivity index (χ1n) is 6.73. The highest BCUT2D eigenvalue weighted by Crippen LogP contribution is 2.25. The van der Waals surface area contributed by atoms with Crippen molar-refractivity contribution in [3.8, 4) is 0 Å². The maximum atomic E-state index is 12.2. The largest absolute Gasteiger partial charge is 0.341 e. The molecule has 1 aromatic rings. The fraction of sp³-hybridized carbons (Fsp3) is 0.571. The number of fused-ring (bicyclic) bond motifs is 1. The zero-order valence-electron chi connectivity index (χ0n) is 10.5. The average molecular weight is 245 g/mol. The van der Waals surface area contributed by atoms with Crippen LogP contribution in [0, 0.1) is 5.92 Å². The monoisotopic (exact) mass is 245 g/mol. The lowest BCUT2D eigenvalue weighted by Crippen LogP contribution is -2.41. The van der Waals surface area contributed by atoms with Gasteiger partial charge in [0.2, 0.25) is 5.91 Å². The number of piperidine rings is 1. The van der Waals surface area contributed by atoms with E-state index in [0.29, 0.717) is 18.4 Å². The summed E-state index contributed by atoms with van der Waals surface area (Å²) in [4.78, 5) is 18.2. The van der Waals surface area contributed by atoms with Gasteiger partial charge in [0, 0.05) is 31.5 Å². The number of carbonyl (C=O) groups is 1. The zero-order valence-corrected chi connectivity index (χ0v) is 10.5. The van der Waals surface area contributed by atoms with Gasteiger partial charge in [-0.3, -0.25) is 9.78 Å². The molecule has 2 aliphatic rings. The number of nitrogens with zero attached hydrogens (tertiary/aromatic N) is 2. The van der Waals surface area contributed by atoms with Gasteiger partial charge >= 0.3 is 0 Å². The lowest BCUT2D eigenvalue weighted by molar-refractivity contribution is -0.129. The van der Waals surface area contributed by atoms with E-state index in [4.69, 9.17) is 0 Å². The van der Waals surface area contributed by atoms with E-state index in [2.05, 4.69) is 10.3 Å². The number of nitrogens with one attached hydrogen (secondary N) is 1. The standard InChI is InChI=1S/C14H19N3O/c18-14(8-11-3-6-15-7-4-11)17-9-12-2-1-5-16-13(12)10-17/h3-4,6-7,12-13,16H,1-2,5,8-10H2/t12-,13+/m0/s1. The Balaban J connectivity index is 1.60. The Hall–Kier alpha value is -1.42. The second kappa shape index (κ2) is 5.06. The van der Waals surface area contributed by atoms with E-state index < -0.39 is 0 Å². The fourth-order valence-electron chi connectivity index (χ4n) is 3.04. The predicted molar refractivity (Wildman–Crippen MR) is 69.0 cm³/mol. The highest BCUT2D eigenvalue weighted by molar-refractivity contribution is 5.79. The number of carbonyl (C=O) groups excluding carboxylic acids is 1. The van der Waals surface area contributed by atoms with Crippen molar-refractivity contribution in [3.63, 3.8) is 0 Å². The van der Waals surface area contributed by atoms with E-state index in [0.717, 1.165) is 25.2 Å². The van der Waals surface area contributed by atoms with E-state index in [1.165, 1.54) is 12.8 Å². The topological polar surface area (TPSA) is 45.2 Å². The highest BCUT2D eigenvalue weighted by Gasteiger charge is 2.36. The molecule has 0 aliphatic carbocycles. The molecule has 3 rings (SSSR count). The van der Waals surface area contributed by atoms with Crippen LogP contribution in [0.1, 0.15) is 18.4 Å². The van der Waals surface area contributed by atoms with Gasteiger partial charge in [-0.05, 0) is 43.0 Å². The molecule has 2 atom stereocenters. The van der Waals surface area contributed by atoms with E-state index in [-0.39, 0.29) is 5.91 Å². The molecule has 1 amide bonds. The molecule has 0 saturated carbocycles. The minimum atomic E-state index is 0.248. The van der Waals surface area contributed by atoms with Crippen molar-refractivity contribution in [3.05, 3.63) is 30.1 Å². The molecule has 18 heavy (non-hydrogen) atoms. The van der Waals surface area contributed by atoms with Crippen molar-refractivity contribution in [2.45, 2.75) is 25.3 Å². The van der Waals surface area contributed by atoms with E-state index >= 15 is 0 Å². The van der Waals surface area contributed by atoms with Crippen molar-refractivity contribution >= 4 is 5.91 Å². The Morgan fingerprint density at radius 1 is 1.39 bits per heavy atom. The molecule has 1 aromatic heterocycles. The van der Waals surface area contributed by atoms with Gasteiger partial charge in [0.1, 0.15) is 0 Å². The van der Waals surface area contributed by atoms with Gasteiger partial charge < -0.3 is 10.2 Å². The maximum absolute atomic E-state index is 12.2.